The summed E-state index contributed by atoms with van der Waals surface area (Å²) in [6, 6.07) is 8.84. The van der Waals surface area contributed by atoms with Gasteiger partial charge in [0.2, 0.25) is 5.91 Å². The lowest BCUT2D eigenvalue weighted by Gasteiger charge is -2.34. The first-order valence-electron chi connectivity index (χ1n) is 14.2. The average molecular weight is 481 g/mol. The monoisotopic (exact) mass is 480 g/mol. The van der Waals surface area contributed by atoms with Crippen LogP contribution in [0, 0.1) is 11.8 Å². The molecule has 1 aliphatic heterocycles. The predicted octanol–water partition coefficient (Wildman–Crippen LogP) is 6.27. The summed E-state index contributed by atoms with van der Waals surface area (Å²) in [6.45, 7) is 3.62. The van der Waals surface area contributed by atoms with E-state index in [1.54, 1.807) is 7.11 Å². The van der Waals surface area contributed by atoms with Gasteiger partial charge in [-0.2, -0.15) is 0 Å². The summed E-state index contributed by atoms with van der Waals surface area (Å²) in [6.07, 6.45) is 16.2. The number of likely N-dealkylation sites (tertiary alicyclic amines) is 1. The third kappa shape index (κ3) is 6.48. The largest absolute Gasteiger partial charge is 0.464 e. The second-order valence-corrected chi connectivity index (χ2v) is 11.5. The Bertz CT molecular complexity index is 932. The minimum absolute atomic E-state index is 0.280. The Balaban J connectivity index is 0.967. The van der Waals surface area contributed by atoms with Crippen molar-refractivity contribution in [3.05, 3.63) is 36.1 Å². The highest BCUT2D eigenvalue weighted by Gasteiger charge is 2.27. The van der Waals surface area contributed by atoms with Gasteiger partial charge in [-0.1, -0.05) is 18.2 Å². The lowest BCUT2D eigenvalue weighted by molar-refractivity contribution is -0.123. The second-order valence-electron chi connectivity index (χ2n) is 11.5. The van der Waals surface area contributed by atoms with Crippen LogP contribution in [0.2, 0.25) is 0 Å². The number of rotatable bonds is 8. The van der Waals surface area contributed by atoms with Crippen LogP contribution in [-0.4, -0.2) is 49.7 Å². The molecular formula is C30H44N2O3. The summed E-state index contributed by atoms with van der Waals surface area (Å²) in [5, 5.41) is 4.66. The lowest BCUT2D eigenvalue weighted by Crippen LogP contribution is -2.39. The molecule has 1 aromatic carbocycles. The van der Waals surface area contributed by atoms with Crippen LogP contribution >= 0.6 is 0 Å². The maximum atomic E-state index is 12.6. The highest BCUT2D eigenvalue weighted by Crippen LogP contribution is 2.35. The van der Waals surface area contributed by atoms with Crippen LogP contribution < -0.4 is 5.32 Å². The van der Waals surface area contributed by atoms with Crippen molar-refractivity contribution in [1.82, 2.24) is 10.2 Å². The smallest absolute Gasteiger partial charge is 0.220 e. The Morgan fingerprint density at radius 1 is 0.971 bits per heavy atom. The zero-order valence-electron chi connectivity index (χ0n) is 21.6. The summed E-state index contributed by atoms with van der Waals surface area (Å²) in [5.74, 6) is 2.28. The number of hydrogen-bond acceptors (Lipinski definition) is 4. The fourth-order valence-electron chi connectivity index (χ4n) is 6.86. The van der Waals surface area contributed by atoms with E-state index in [2.05, 4.69) is 34.5 Å². The number of benzene rings is 1. The molecule has 0 radical (unpaired) electrons. The number of piperidine rings is 1. The van der Waals surface area contributed by atoms with Crippen molar-refractivity contribution in [2.75, 3.05) is 26.7 Å². The Kier molecular flexibility index (Phi) is 8.46. The summed E-state index contributed by atoms with van der Waals surface area (Å²) < 4.78 is 11.3. The molecule has 5 nitrogen and oxygen atoms in total. The number of furan rings is 1. The van der Waals surface area contributed by atoms with Crippen molar-refractivity contribution in [3.8, 4) is 0 Å². The fraction of sp³-hybridized carbons (Fsp3) is 0.700. The molecule has 0 bridgehead atoms. The van der Waals surface area contributed by atoms with E-state index in [4.69, 9.17) is 9.15 Å². The summed E-state index contributed by atoms with van der Waals surface area (Å²) in [7, 11) is 1.81. The second kappa shape index (κ2) is 11.9. The van der Waals surface area contributed by atoms with E-state index < -0.39 is 0 Å². The van der Waals surface area contributed by atoms with Crippen LogP contribution in [0.3, 0.4) is 0 Å². The average Bonchev–Trinajstić information content (AvgIpc) is 3.33. The Morgan fingerprint density at radius 2 is 1.69 bits per heavy atom. The van der Waals surface area contributed by atoms with E-state index in [0.717, 1.165) is 50.0 Å². The SMILES string of the molecule is CO[C@H]1CC[C@H](CC(=O)NC2CCC(CCN3CCC(c4coc5ccccc45)CC3)CC2)CC1. The van der Waals surface area contributed by atoms with Gasteiger partial charge in [-0.05, 0) is 114 Å². The van der Waals surface area contributed by atoms with Crippen LogP contribution in [0.25, 0.3) is 11.0 Å². The molecule has 5 heteroatoms. The first-order chi connectivity index (χ1) is 17.2. The number of fused-ring (bicyclic) bond motifs is 1. The standard InChI is InChI=1S/C30H44N2O3/c1-34-26-12-8-23(9-13-26)20-30(33)31-25-10-6-22(7-11-25)14-17-32-18-15-24(16-19-32)28-21-35-29-5-3-2-4-27(28)29/h2-5,21-26H,6-20H2,1H3,(H,31,33)/t22?,23-,25?,26-. The number of para-hydroxylation sites is 1. The van der Waals surface area contributed by atoms with Gasteiger partial charge >= 0.3 is 0 Å². The number of nitrogens with zero attached hydrogens (tertiary/aromatic N) is 1. The minimum atomic E-state index is 0.280. The van der Waals surface area contributed by atoms with Gasteiger partial charge in [-0.25, -0.2) is 0 Å². The molecule has 2 aliphatic carbocycles. The summed E-state index contributed by atoms with van der Waals surface area (Å²) in [5.41, 5.74) is 2.43. The molecule has 0 spiro atoms. The highest BCUT2D eigenvalue weighted by atomic mass is 16.5. The molecule has 0 unspecified atom stereocenters. The van der Waals surface area contributed by atoms with E-state index >= 15 is 0 Å². The first-order valence-corrected chi connectivity index (χ1v) is 14.2. The van der Waals surface area contributed by atoms with E-state index in [9.17, 15) is 4.79 Å². The van der Waals surface area contributed by atoms with E-state index in [0.29, 0.717) is 30.4 Å². The van der Waals surface area contributed by atoms with Gasteiger partial charge in [0.1, 0.15) is 5.58 Å². The molecule has 1 saturated heterocycles. The Morgan fingerprint density at radius 3 is 2.43 bits per heavy atom. The zero-order valence-corrected chi connectivity index (χ0v) is 21.6. The summed E-state index contributed by atoms with van der Waals surface area (Å²) in [4.78, 5) is 15.2. The molecule has 35 heavy (non-hydrogen) atoms. The van der Waals surface area contributed by atoms with Crippen LogP contribution in [0.1, 0.15) is 88.5 Å². The molecule has 1 N–H and O–H groups in total. The number of carbonyl (C=O) groups is 1. The van der Waals surface area contributed by atoms with E-state index in [-0.39, 0.29) is 5.91 Å². The van der Waals surface area contributed by atoms with Crippen molar-refractivity contribution in [2.24, 2.45) is 11.8 Å². The molecule has 192 valence electrons. The predicted molar refractivity (Wildman–Crippen MR) is 141 cm³/mol. The van der Waals surface area contributed by atoms with E-state index in [1.807, 2.05) is 6.26 Å². The maximum Gasteiger partial charge on any atom is 0.220 e. The molecule has 2 heterocycles. The molecule has 3 aliphatic rings. The van der Waals surface area contributed by atoms with Gasteiger partial charge in [-0.15, -0.1) is 0 Å². The molecular weight excluding hydrogens is 436 g/mol. The third-order valence-corrected chi connectivity index (χ3v) is 9.20. The number of carbonyl (C=O) groups excluding carboxylic acids is 1. The number of nitrogens with one attached hydrogen (secondary N) is 1. The zero-order chi connectivity index (χ0) is 24.0. The van der Waals surface area contributed by atoms with Crippen molar-refractivity contribution < 1.29 is 13.9 Å². The van der Waals surface area contributed by atoms with Crippen LogP contribution in [0.5, 0.6) is 0 Å². The Labute approximate surface area is 211 Å². The van der Waals surface area contributed by atoms with Crippen molar-refractivity contribution in [3.63, 3.8) is 0 Å². The normalized spacial score (nSPS) is 28.8. The van der Waals surface area contributed by atoms with Crippen molar-refractivity contribution in [2.45, 2.75) is 95.1 Å². The number of amides is 1. The quantitative estimate of drug-likeness (QED) is 0.484. The van der Waals surface area contributed by atoms with Crippen LogP contribution in [0.4, 0.5) is 0 Å². The van der Waals surface area contributed by atoms with Crippen molar-refractivity contribution in [1.29, 1.82) is 0 Å². The maximum absolute atomic E-state index is 12.6. The first kappa shape index (κ1) is 24.8. The van der Waals surface area contributed by atoms with Gasteiger partial charge in [0.05, 0.1) is 12.4 Å². The lowest BCUT2D eigenvalue weighted by atomic mass is 9.83. The highest BCUT2D eigenvalue weighted by molar-refractivity contribution is 5.81. The molecule has 0 atom stereocenters. The van der Waals surface area contributed by atoms with Crippen molar-refractivity contribution >= 4 is 16.9 Å². The number of ether oxygens (including phenoxy) is 1. The van der Waals surface area contributed by atoms with Gasteiger partial charge < -0.3 is 19.4 Å². The molecule has 2 saturated carbocycles. The Hall–Kier alpha value is -1.85. The molecule has 2 aromatic rings. The third-order valence-electron chi connectivity index (χ3n) is 9.20. The molecule has 3 fully saturated rings. The number of methoxy groups -OCH3 is 1. The minimum Gasteiger partial charge on any atom is -0.464 e. The topological polar surface area (TPSA) is 54.7 Å². The molecule has 1 amide bonds. The van der Waals surface area contributed by atoms with Gasteiger partial charge in [0.25, 0.3) is 0 Å². The van der Waals surface area contributed by atoms with Gasteiger partial charge in [-0.3, -0.25) is 4.79 Å². The van der Waals surface area contributed by atoms with Gasteiger partial charge in [0, 0.05) is 30.5 Å². The van der Waals surface area contributed by atoms with Gasteiger partial charge in [0.15, 0.2) is 0 Å². The summed E-state index contributed by atoms with van der Waals surface area (Å²) >= 11 is 0. The molecule has 5 rings (SSSR count). The fourth-order valence-corrected chi connectivity index (χ4v) is 6.86. The molecule has 1 aromatic heterocycles. The van der Waals surface area contributed by atoms with Crippen LogP contribution in [-0.2, 0) is 9.53 Å². The van der Waals surface area contributed by atoms with E-state index in [1.165, 1.54) is 62.7 Å². The van der Waals surface area contributed by atoms with Crippen LogP contribution in [0.15, 0.2) is 34.9 Å². The number of hydrogen-bond donors (Lipinski definition) is 1.